The Balaban J connectivity index is 1.57. The van der Waals surface area contributed by atoms with Gasteiger partial charge in [-0.25, -0.2) is 4.99 Å². The Morgan fingerprint density at radius 3 is 2.29 bits per heavy atom. The summed E-state index contributed by atoms with van der Waals surface area (Å²) in [6.45, 7) is 6.19. The van der Waals surface area contributed by atoms with Gasteiger partial charge in [0.15, 0.2) is 5.17 Å². The molecule has 0 spiro atoms. The van der Waals surface area contributed by atoms with Crippen LogP contribution in [-0.2, 0) is 4.79 Å². The molecule has 2 heterocycles. The minimum atomic E-state index is -0.127. The lowest BCUT2D eigenvalue weighted by Crippen LogP contribution is -2.19. The number of carbonyl (C=O) groups excluding carboxylic acids is 1. The van der Waals surface area contributed by atoms with Crippen LogP contribution in [0.2, 0.25) is 0 Å². The first-order chi connectivity index (χ1) is 16.5. The zero-order chi connectivity index (χ0) is 23.7. The van der Waals surface area contributed by atoms with Gasteiger partial charge >= 0.3 is 0 Å². The molecule has 0 unspecified atom stereocenters. The highest BCUT2D eigenvalue weighted by Gasteiger charge is 2.25. The third-order valence-corrected chi connectivity index (χ3v) is 6.70. The molecular weight excluding hydrogens is 438 g/mol. The third-order valence-electron chi connectivity index (χ3n) is 5.79. The van der Waals surface area contributed by atoms with Gasteiger partial charge in [0.1, 0.15) is 0 Å². The Morgan fingerprint density at radius 1 is 0.882 bits per heavy atom. The van der Waals surface area contributed by atoms with Crippen molar-refractivity contribution in [1.29, 1.82) is 0 Å². The van der Waals surface area contributed by atoms with Gasteiger partial charge in [-0.05, 0) is 74.0 Å². The number of rotatable bonds is 4. The van der Waals surface area contributed by atoms with E-state index in [1.54, 1.807) is 0 Å². The SMILES string of the molecule is Cc1ccc(N=C2NC(=O)/C(=C/c3cc(C)n(-c4ccccc4)c3-c3ccccc3)S2)c(C)c1. The number of aryl methyl sites for hydroxylation is 3. The molecule has 0 radical (unpaired) electrons. The highest BCUT2D eigenvalue weighted by Crippen LogP contribution is 2.35. The minimum absolute atomic E-state index is 0.127. The van der Waals surface area contributed by atoms with E-state index >= 15 is 0 Å². The molecule has 1 aromatic heterocycles. The lowest BCUT2D eigenvalue weighted by Gasteiger charge is -2.13. The number of amides is 1. The monoisotopic (exact) mass is 463 g/mol. The summed E-state index contributed by atoms with van der Waals surface area (Å²) in [5.74, 6) is -0.127. The van der Waals surface area contributed by atoms with Crippen LogP contribution in [0.25, 0.3) is 23.0 Å². The van der Waals surface area contributed by atoms with E-state index < -0.39 is 0 Å². The number of amidine groups is 1. The number of carbonyl (C=O) groups is 1. The lowest BCUT2D eigenvalue weighted by atomic mass is 10.1. The topological polar surface area (TPSA) is 46.4 Å². The van der Waals surface area contributed by atoms with Gasteiger partial charge < -0.3 is 9.88 Å². The summed E-state index contributed by atoms with van der Waals surface area (Å²) < 4.78 is 2.24. The van der Waals surface area contributed by atoms with Gasteiger partial charge in [-0.15, -0.1) is 0 Å². The fraction of sp³-hybridized carbons (Fsp3) is 0.103. The van der Waals surface area contributed by atoms with Crippen molar-refractivity contribution in [2.75, 3.05) is 0 Å². The zero-order valence-electron chi connectivity index (χ0n) is 19.4. The second-order valence-corrected chi connectivity index (χ2v) is 9.43. The van der Waals surface area contributed by atoms with Gasteiger partial charge in [-0.3, -0.25) is 4.79 Å². The van der Waals surface area contributed by atoms with E-state index in [0.29, 0.717) is 10.1 Å². The average molecular weight is 464 g/mol. The summed E-state index contributed by atoms with van der Waals surface area (Å²) in [5.41, 5.74) is 8.49. The van der Waals surface area contributed by atoms with Crippen molar-refractivity contribution in [3.8, 4) is 16.9 Å². The molecule has 5 rings (SSSR count). The number of nitrogens with zero attached hydrogens (tertiary/aromatic N) is 2. The van der Waals surface area contributed by atoms with Crippen molar-refractivity contribution in [1.82, 2.24) is 9.88 Å². The predicted octanol–water partition coefficient (Wildman–Crippen LogP) is 6.96. The summed E-state index contributed by atoms with van der Waals surface area (Å²) in [5, 5.41) is 3.53. The number of aromatic nitrogens is 1. The van der Waals surface area contributed by atoms with Crippen LogP contribution in [0.15, 0.2) is 94.8 Å². The molecule has 0 saturated carbocycles. The molecule has 168 valence electrons. The lowest BCUT2D eigenvalue weighted by molar-refractivity contribution is -0.115. The molecule has 1 N–H and O–H groups in total. The number of para-hydroxylation sites is 1. The van der Waals surface area contributed by atoms with E-state index in [0.717, 1.165) is 39.5 Å². The first-order valence-corrected chi connectivity index (χ1v) is 12.0. The Labute approximate surface area is 204 Å². The number of hydrogen-bond donors (Lipinski definition) is 1. The molecule has 0 aliphatic carbocycles. The maximum Gasteiger partial charge on any atom is 0.264 e. The smallest absolute Gasteiger partial charge is 0.264 e. The summed E-state index contributed by atoms with van der Waals surface area (Å²) in [6.07, 6.45) is 1.97. The number of thioether (sulfide) groups is 1. The van der Waals surface area contributed by atoms with Crippen LogP contribution < -0.4 is 5.32 Å². The minimum Gasteiger partial charge on any atom is -0.313 e. The number of aliphatic imine (C=N–C) groups is 1. The van der Waals surface area contributed by atoms with E-state index in [1.165, 1.54) is 17.3 Å². The molecule has 3 aromatic carbocycles. The molecular formula is C29H25N3OS. The number of benzene rings is 3. The Hall–Kier alpha value is -3.83. The summed E-state index contributed by atoms with van der Waals surface area (Å²) in [4.78, 5) is 18.2. The fourth-order valence-electron chi connectivity index (χ4n) is 4.24. The van der Waals surface area contributed by atoms with Crippen LogP contribution in [0.4, 0.5) is 5.69 Å². The Morgan fingerprint density at radius 2 is 1.59 bits per heavy atom. The predicted molar refractivity (Wildman–Crippen MR) is 143 cm³/mol. The van der Waals surface area contributed by atoms with Gasteiger partial charge in [0.2, 0.25) is 0 Å². The molecule has 1 aliphatic rings. The number of hydrogen-bond acceptors (Lipinski definition) is 3. The second kappa shape index (κ2) is 9.20. The van der Waals surface area contributed by atoms with E-state index in [9.17, 15) is 4.79 Å². The molecule has 34 heavy (non-hydrogen) atoms. The van der Waals surface area contributed by atoms with Crippen molar-refractivity contribution >= 4 is 34.6 Å². The first kappa shape index (κ1) is 22.0. The van der Waals surface area contributed by atoms with Crippen molar-refractivity contribution in [2.24, 2.45) is 4.99 Å². The number of nitrogens with one attached hydrogen (secondary N) is 1. The molecule has 0 bridgehead atoms. The van der Waals surface area contributed by atoms with Gasteiger partial charge in [-0.2, -0.15) is 0 Å². The fourth-order valence-corrected chi connectivity index (χ4v) is 5.06. The van der Waals surface area contributed by atoms with E-state index in [4.69, 9.17) is 4.99 Å². The zero-order valence-corrected chi connectivity index (χ0v) is 20.2. The maximum absolute atomic E-state index is 12.8. The van der Waals surface area contributed by atoms with Crippen molar-refractivity contribution < 1.29 is 4.79 Å². The summed E-state index contributed by atoms with van der Waals surface area (Å²) in [7, 11) is 0. The van der Waals surface area contributed by atoms with E-state index in [2.05, 4.69) is 60.1 Å². The second-order valence-electron chi connectivity index (χ2n) is 8.40. The highest BCUT2D eigenvalue weighted by atomic mass is 32.2. The molecule has 1 amide bonds. The Bertz CT molecular complexity index is 1430. The van der Waals surface area contributed by atoms with Crippen LogP contribution in [0.5, 0.6) is 0 Å². The van der Waals surface area contributed by atoms with Crippen LogP contribution >= 0.6 is 11.8 Å². The molecule has 1 saturated heterocycles. The maximum atomic E-state index is 12.8. The summed E-state index contributed by atoms with van der Waals surface area (Å²) >= 11 is 1.38. The Kier molecular flexibility index (Phi) is 5.95. The molecule has 1 fully saturated rings. The molecule has 0 atom stereocenters. The molecule has 1 aliphatic heterocycles. The quantitative estimate of drug-likeness (QED) is 0.333. The highest BCUT2D eigenvalue weighted by molar-refractivity contribution is 8.18. The van der Waals surface area contributed by atoms with Crippen LogP contribution in [-0.4, -0.2) is 15.6 Å². The first-order valence-electron chi connectivity index (χ1n) is 11.2. The van der Waals surface area contributed by atoms with Crippen molar-refractivity contribution in [2.45, 2.75) is 20.8 Å². The summed E-state index contributed by atoms with van der Waals surface area (Å²) in [6, 6.07) is 28.8. The molecule has 5 heteroatoms. The van der Waals surface area contributed by atoms with E-state index in [1.807, 2.05) is 61.5 Å². The molecule has 4 aromatic rings. The average Bonchev–Trinajstić information content (AvgIpc) is 3.35. The third kappa shape index (κ3) is 4.35. The van der Waals surface area contributed by atoms with Gasteiger partial charge in [0.25, 0.3) is 5.91 Å². The normalized spacial score (nSPS) is 15.8. The van der Waals surface area contributed by atoms with E-state index in [-0.39, 0.29) is 5.91 Å². The van der Waals surface area contributed by atoms with Crippen molar-refractivity contribution in [3.05, 3.63) is 112 Å². The van der Waals surface area contributed by atoms with Gasteiger partial charge in [0.05, 0.1) is 16.3 Å². The molecule has 4 nitrogen and oxygen atoms in total. The van der Waals surface area contributed by atoms with Gasteiger partial charge in [-0.1, -0.05) is 66.2 Å². The van der Waals surface area contributed by atoms with Crippen LogP contribution in [0.3, 0.4) is 0 Å². The standard InChI is InChI=1S/C29H25N3OS/c1-19-14-15-25(20(2)16-19)30-29-31-28(33)26(34-29)18-23-17-21(3)32(24-12-8-5-9-13-24)27(23)22-10-6-4-7-11-22/h4-18H,1-3H3,(H,30,31,33)/b26-18-. The van der Waals surface area contributed by atoms with Crippen molar-refractivity contribution in [3.63, 3.8) is 0 Å². The largest absolute Gasteiger partial charge is 0.313 e. The van der Waals surface area contributed by atoms with Crippen LogP contribution in [0.1, 0.15) is 22.4 Å². The van der Waals surface area contributed by atoms with Gasteiger partial charge in [0, 0.05) is 16.9 Å². The van der Waals surface area contributed by atoms with Crippen LogP contribution in [0, 0.1) is 20.8 Å².